The van der Waals surface area contributed by atoms with Gasteiger partial charge in [-0.05, 0) is 196 Å². The topological polar surface area (TPSA) is 52.5 Å². The minimum Gasteiger partial charge on any atom is -0.508 e. The maximum absolute atomic E-state index is 11.2. The van der Waals surface area contributed by atoms with Crippen LogP contribution in [0.1, 0.15) is 126 Å². The number of phenolic OH excluding ortho intramolecular Hbond substituents is 1. The molecule has 5 fully saturated rings. The van der Waals surface area contributed by atoms with Gasteiger partial charge >= 0.3 is 0 Å². The van der Waals surface area contributed by atoms with Crippen molar-refractivity contribution in [2.45, 2.75) is 134 Å². The van der Waals surface area contributed by atoms with E-state index in [-0.39, 0.29) is 5.54 Å². The molecule has 276 valence electrons. The number of phenols is 1. The van der Waals surface area contributed by atoms with E-state index in [1.165, 1.54) is 118 Å². The fraction of sp³-hybridized carbons (Fsp3) is 0.696. The molecule has 0 radical (unpaired) electrons. The molecule has 4 saturated carbocycles. The lowest BCUT2D eigenvalue weighted by Gasteiger charge is -2.61. The molecule has 0 aromatic heterocycles. The summed E-state index contributed by atoms with van der Waals surface area (Å²) in [5.41, 5.74) is 6.77. The van der Waals surface area contributed by atoms with Crippen LogP contribution in [-0.2, 0) is 19.4 Å². The van der Waals surface area contributed by atoms with Gasteiger partial charge in [0.25, 0.3) is 0 Å². The Morgan fingerprint density at radius 2 is 1.73 bits per heavy atom. The normalized spacial score (nSPS) is 43.7. The lowest BCUT2D eigenvalue weighted by molar-refractivity contribution is -0.0870. The summed E-state index contributed by atoms with van der Waals surface area (Å²) < 4.78 is 0. The highest BCUT2D eigenvalue weighted by molar-refractivity contribution is 8.77. The van der Waals surface area contributed by atoms with Gasteiger partial charge in [-0.15, -0.1) is 0 Å². The van der Waals surface area contributed by atoms with Crippen molar-refractivity contribution in [1.29, 1.82) is 0 Å². The van der Waals surface area contributed by atoms with Crippen LogP contribution in [-0.4, -0.2) is 33.4 Å². The number of hydrogen-bond donors (Lipinski definition) is 3. The van der Waals surface area contributed by atoms with Crippen molar-refractivity contribution < 1.29 is 10.2 Å². The molecular weight excluding hydrogens is 663 g/mol. The van der Waals surface area contributed by atoms with Crippen LogP contribution in [0.15, 0.2) is 54.6 Å². The number of aliphatic hydroxyl groups excluding tert-OH is 1. The van der Waals surface area contributed by atoms with Crippen LogP contribution >= 0.6 is 21.6 Å². The Balaban J connectivity index is 1.12. The molecule has 11 atom stereocenters. The van der Waals surface area contributed by atoms with E-state index in [0.29, 0.717) is 45.7 Å². The van der Waals surface area contributed by atoms with Crippen molar-refractivity contribution in [2.24, 2.45) is 51.8 Å². The first kappa shape index (κ1) is 35.3. The van der Waals surface area contributed by atoms with Crippen LogP contribution < -0.4 is 5.32 Å². The first-order valence-corrected chi connectivity index (χ1v) is 23.2. The Bertz CT molecular complexity index is 1630. The van der Waals surface area contributed by atoms with E-state index in [4.69, 9.17) is 0 Å². The van der Waals surface area contributed by atoms with E-state index in [1.807, 2.05) is 6.07 Å². The molecule has 2 aromatic rings. The van der Waals surface area contributed by atoms with Crippen molar-refractivity contribution in [1.82, 2.24) is 5.32 Å². The van der Waals surface area contributed by atoms with Crippen LogP contribution in [0.25, 0.3) is 0 Å². The molecule has 0 unspecified atom stereocenters. The molecular formula is C46H63NO2S2. The third-order valence-corrected chi connectivity index (χ3v) is 19.2. The summed E-state index contributed by atoms with van der Waals surface area (Å²) in [6.45, 7) is 6.32. The maximum atomic E-state index is 11.2. The monoisotopic (exact) mass is 725 g/mol. The average molecular weight is 726 g/mol. The van der Waals surface area contributed by atoms with Gasteiger partial charge in [-0.25, -0.2) is 0 Å². The zero-order chi connectivity index (χ0) is 34.8. The summed E-state index contributed by atoms with van der Waals surface area (Å²) in [5.74, 6) is 5.83. The number of nitrogens with one attached hydrogen (secondary N) is 1. The minimum absolute atomic E-state index is 0.138. The molecule has 51 heavy (non-hydrogen) atoms. The van der Waals surface area contributed by atoms with Gasteiger partial charge in [-0.2, -0.15) is 0 Å². The van der Waals surface area contributed by atoms with Gasteiger partial charge in [0.2, 0.25) is 0 Å². The van der Waals surface area contributed by atoms with Gasteiger partial charge in [-0.3, -0.25) is 0 Å². The Morgan fingerprint density at radius 1 is 0.882 bits per heavy atom. The molecule has 9 rings (SSSR count). The fourth-order valence-electron chi connectivity index (χ4n) is 13.8. The summed E-state index contributed by atoms with van der Waals surface area (Å²) in [6.07, 6.45) is 26.2. The highest BCUT2D eigenvalue weighted by Gasteiger charge is 2.61. The molecule has 3 N–H and O–H groups in total. The van der Waals surface area contributed by atoms with Gasteiger partial charge in [0.1, 0.15) is 5.75 Å². The van der Waals surface area contributed by atoms with Crippen molar-refractivity contribution in [2.75, 3.05) is 12.4 Å². The van der Waals surface area contributed by atoms with Crippen molar-refractivity contribution >= 4 is 21.6 Å². The van der Waals surface area contributed by atoms with Crippen molar-refractivity contribution in [3.63, 3.8) is 0 Å². The van der Waals surface area contributed by atoms with E-state index in [0.717, 1.165) is 43.1 Å². The number of rotatable bonds is 1. The average Bonchev–Trinajstić information content (AvgIpc) is 3.60. The number of fused-ring (bicyclic) bond motifs is 12. The van der Waals surface area contributed by atoms with Crippen LogP contribution in [0.5, 0.6) is 5.75 Å². The van der Waals surface area contributed by atoms with Gasteiger partial charge in [0.05, 0.1) is 0 Å². The zero-order valence-electron chi connectivity index (χ0n) is 31.4. The Labute approximate surface area is 316 Å². The van der Waals surface area contributed by atoms with E-state index in [9.17, 15) is 10.2 Å². The van der Waals surface area contributed by atoms with Gasteiger partial charge < -0.3 is 15.5 Å². The van der Waals surface area contributed by atoms with Gasteiger partial charge in [0.15, 0.2) is 0 Å². The van der Waals surface area contributed by atoms with Crippen LogP contribution in [0.3, 0.4) is 0 Å². The van der Waals surface area contributed by atoms with Crippen LogP contribution in [0, 0.1) is 51.8 Å². The number of allylic oxidation sites excluding steroid dienone is 2. The Kier molecular flexibility index (Phi) is 9.50. The zero-order valence-corrected chi connectivity index (χ0v) is 33.0. The first-order valence-electron chi connectivity index (χ1n) is 20.8. The Hall–Kier alpha value is -1.40. The second-order valence-corrected chi connectivity index (χ2v) is 22.4. The van der Waals surface area contributed by atoms with Crippen LogP contribution in [0.4, 0.5) is 0 Å². The highest BCUT2D eigenvalue weighted by Crippen LogP contribution is 2.71. The van der Waals surface area contributed by atoms with Gasteiger partial charge in [0, 0.05) is 29.7 Å². The summed E-state index contributed by atoms with van der Waals surface area (Å²) in [5, 5.41) is 26.2. The molecule has 2 aliphatic heterocycles. The molecule has 7 aliphatic rings. The third kappa shape index (κ3) is 6.91. The molecule has 2 heterocycles. The number of aromatic hydroxyl groups is 1. The van der Waals surface area contributed by atoms with E-state index >= 15 is 0 Å². The molecule has 5 aliphatic carbocycles. The number of aliphatic hydroxyl groups is 1. The number of hydrogen-bond acceptors (Lipinski definition) is 5. The quantitative estimate of drug-likeness (QED) is 0.202. The largest absolute Gasteiger partial charge is 0.508 e. The fourth-order valence-corrected chi connectivity index (χ4v) is 17.4. The van der Waals surface area contributed by atoms with Crippen LogP contribution in [0.2, 0.25) is 0 Å². The summed E-state index contributed by atoms with van der Waals surface area (Å²) in [4.78, 5) is 0. The SMILES string of the molecule is C[C@H]1CC=C[C@]2(C1)C[C@@]1(CC[C@]3(CC[C@H](CO)C3)C1)C[C@@H]1[C@@H]3Cc4cc(O)cc(c4)Cc4ccccc4CN[C@@]4(C)CC[C@@H](SSC4)[C@H](C3)C[C@H]12. The highest BCUT2D eigenvalue weighted by atomic mass is 33.1. The molecule has 3 spiro atoms. The second kappa shape index (κ2) is 13.7. The molecule has 0 amide bonds. The standard InChI is InChI=1S/C46H63NO2S2/c1-31-6-5-11-46(23-31)29-45(15-14-44(28-45)13-9-32(24-44)27-48)25-40-37-18-34-16-33(19-39(49)20-34)17-35-7-3-4-8-36(35)26-47-43(2)12-10-42(51-50-30-43)38(21-37)22-41(40)46/h3-5,7-8,11,16,19-20,31-32,37-38,40-42,47-49H,6,9-10,12-15,17-18,21-30H2,1-2H3/t31-,32-,37+,38+,40+,41+,42+,43-,44-,45-,46-/m0/s1. The van der Waals surface area contributed by atoms with Gasteiger partial charge in [-0.1, -0.05) is 71.0 Å². The number of benzene rings is 2. The van der Waals surface area contributed by atoms with E-state index in [2.05, 4.69) is 89.3 Å². The second-order valence-electron chi connectivity index (χ2n) is 19.8. The molecule has 3 nitrogen and oxygen atoms in total. The summed E-state index contributed by atoms with van der Waals surface area (Å²) in [6, 6.07) is 15.6. The predicted molar refractivity (Wildman–Crippen MR) is 215 cm³/mol. The van der Waals surface area contributed by atoms with E-state index in [1.54, 1.807) is 0 Å². The predicted octanol–water partition coefficient (Wildman–Crippen LogP) is 10.9. The van der Waals surface area contributed by atoms with E-state index < -0.39 is 0 Å². The summed E-state index contributed by atoms with van der Waals surface area (Å²) in [7, 11) is 4.40. The Morgan fingerprint density at radius 3 is 2.57 bits per heavy atom. The lowest BCUT2D eigenvalue weighted by Crippen LogP contribution is -2.53. The molecule has 5 heteroatoms. The third-order valence-electron chi connectivity index (χ3n) is 15.9. The minimum atomic E-state index is 0.138. The van der Waals surface area contributed by atoms with Crippen molar-refractivity contribution in [3.8, 4) is 5.75 Å². The lowest BCUT2D eigenvalue weighted by atomic mass is 9.44. The first-order chi connectivity index (χ1) is 24.6. The smallest absolute Gasteiger partial charge is 0.116 e. The molecule has 2 aromatic carbocycles. The molecule has 1 saturated heterocycles. The molecule has 6 bridgehead atoms. The maximum Gasteiger partial charge on any atom is 0.116 e. The van der Waals surface area contributed by atoms with Crippen molar-refractivity contribution in [3.05, 3.63) is 76.9 Å². The summed E-state index contributed by atoms with van der Waals surface area (Å²) >= 11 is 0.